The lowest BCUT2D eigenvalue weighted by atomic mass is 9.98. The number of methoxy groups -OCH3 is 2. The van der Waals surface area contributed by atoms with Crippen LogP contribution in [0.25, 0.3) is 54.7 Å². The smallest absolute Gasteiger partial charge is 0.407 e. The Morgan fingerprint density at radius 1 is 0.638 bits per heavy atom. The van der Waals surface area contributed by atoms with Gasteiger partial charge >= 0.3 is 12.2 Å². The number of imidazole rings is 2. The predicted molar refractivity (Wildman–Crippen MR) is 222 cm³/mol. The molecule has 4 amide bonds. The van der Waals surface area contributed by atoms with Crippen LogP contribution in [0.4, 0.5) is 9.59 Å². The lowest BCUT2D eigenvalue weighted by molar-refractivity contribution is -0.136. The standard InChI is InChI=1S/C44H50N8O6/c1-23(2)35(49-43(55)57-5)41(53)51-19-7-9-33(51)39-45-31-17-13-27-21-25(11-15-29(27)37(31)47-39)26-12-16-30-28(22-26)14-18-32-38(30)48-40(46-32)34-10-8-20-52(34)42(54)36(24(3)4)50-44(56)58-6/h11-18,21-24,33-36H,7-10,19-20H2,1-6H3,(H,45,47)(H,46,48)(H,49,55)(H,50,56)/t33-,34?,35-,36-/m0/s1. The molecule has 4 N–H and O–H groups in total. The molecule has 2 aliphatic heterocycles. The van der Waals surface area contributed by atoms with Gasteiger partial charge in [-0.2, -0.15) is 0 Å². The molecule has 0 radical (unpaired) electrons. The van der Waals surface area contributed by atoms with Crippen molar-refractivity contribution in [3.8, 4) is 11.1 Å². The molecular formula is C44H50N8O6. The van der Waals surface area contributed by atoms with Crippen molar-refractivity contribution in [2.24, 2.45) is 11.8 Å². The molecular weight excluding hydrogens is 737 g/mol. The van der Waals surface area contributed by atoms with E-state index in [9.17, 15) is 19.2 Å². The van der Waals surface area contributed by atoms with Gasteiger partial charge in [-0.05, 0) is 83.7 Å². The Morgan fingerprint density at radius 3 is 1.43 bits per heavy atom. The average molecular weight is 787 g/mol. The predicted octanol–water partition coefficient (Wildman–Crippen LogP) is 7.50. The molecule has 302 valence electrons. The van der Waals surface area contributed by atoms with Crippen molar-refractivity contribution < 1.29 is 28.7 Å². The number of rotatable bonds is 9. The SMILES string of the molecule is COC(=O)N[C@H](C(=O)N1CCCC1c1nc2c(ccc3cc(-c4ccc5c(ccc6[nH]c([C@@H]7CCCN7C(=O)[C@@H](NC(=O)OC)C(C)C)nc65)c4)ccc32)[nH]1)C(C)C. The molecule has 0 aliphatic carbocycles. The lowest BCUT2D eigenvalue weighted by Crippen LogP contribution is -2.51. The molecule has 2 saturated heterocycles. The summed E-state index contributed by atoms with van der Waals surface area (Å²) in [7, 11) is 2.59. The van der Waals surface area contributed by atoms with Gasteiger partial charge < -0.3 is 39.9 Å². The molecule has 6 aromatic rings. The molecule has 2 aromatic heterocycles. The minimum atomic E-state index is -0.698. The summed E-state index contributed by atoms with van der Waals surface area (Å²) in [5, 5.41) is 9.56. The summed E-state index contributed by atoms with van der Waals surface area (Å²) in [6, 6.07) is 19.2. The van der Waals surface area contributed by atoms with Crippen LogP contribution in [0.1, 0.15) is 77.1 Å². The van der Waals surface area contributed by atoms with Crippen LogP contribution in [0.3, 0.4) is 0 Å². The highest BCUT2D eigenvalue weighted by Gasteiger charge is 2.39. The molecule has 2 aliphatic rings. The van der Waals surface area contributed by atoms with Crippen LogP contribution in [0.5, 0.6) is 0 Å². The normalized spacial score (nSPS) is 18.1. The summed E-state index contributed by atoms with van der Waals surface area (Å²) in [4.78, 5) is 72.3. The third-order valence-electron chi connectivity index (χ3n) is 11.8. The van der Waals surface area contributed by atoms with E-state index in [1.807, 2.05) is 49.6 Å². The van der Waals surface area contributed by atoms with Crippen molar-refractivity contribution in [3.63, 3.8) is 0 Å². The van der Waals surface area contributed by atoms with Crippen molar-refractivity contribution in [3.05, 3.63) is 72.3 Å². The van der Waals surface area contributed by atoms with E-state index in [2.05, 4.69) is 69.1 Å². The first-order chi connectivity index (χ1) is 27.9. The van der Waals surface area contributed by atoms with E-state index in [1.165, 1.54) is 14.2 Å². The van der Waals surface area contributed by atoms with E-state index >= 15 is 0 Å². The van der Waals surface area contributed by atoms with Crippen molar-refractivity contribution >= 4 is 67.6 Å². The fourth-order valence-corrected chi connectivity index (χ4v) is 8.70. The maximum atomic E-state index is 13.7. The van der Waals surface area contributed by atoms with Crippen LogP contribution >= 0.6 is 0 Å². The van der Waals surface area contributed by atoms with Gasteiger partial charge in [0, 0.05) is 23.9 Å². The summed E-state index contributed by atoms with van der Waals surface area (Å²) in [6.45, 7) is 8.81. The Bertz CT molecular complexity index is 2380. The Morgan fingerprint density at radius 2 is 1.05 bits per heavy atom. The summed E-state index contributed by atoms with van der Waals surface area (Å²) < 4.78 is 9.58. The van der Waals surface area contributed by atoms with Crippen molar-refractivity contribution in [2.45, 2.75) is 77.5 Å². The molecule has 14 nitrogen and oxygen atoms in total. The number of aromatic nitrogens is 4. The molecule has 0 saturated carbocycles. The molecule has 14 heteroatoms. The Kier molecular flexibility index (Phi) is 10.4. The Hall–Kier alpha value is -6.18. The molecule has 4 atom stereocenters. The number of carbonyl (C=O) groups excluding carboxylic acids is 4. The molecule has 2 fully saturated rings. The summed E-state index contributed by atoms with van der Waals surface area (Å²) in [5.41, 5.74) is 5.64. The van der Waals surface area contributed by atoms with Gasteiger partial charge in [-0.3, -0.25) is 9.59 Å². The minimum Gasteiger partial charge on any atom is -0.453 e. The highest BCUT2D eigenvalue weighted by molar-refractivity contribution is 6.07. The average Bonchev–Trinajstić information content (AvgIpc) is 4.06. The largest absolute Gasteiger partial charge is 0.453 e. The zero-order chi connectivity index (χ0) is 40.8. The monoisotopic (exact) mass is 786 g/mol. The second-order valence-corrected chi connectivity index (χ2v) is 16.1. The third-order valence-corrected chi connectivity index (χ3v) is 11.8. The van der Waals surface area contributed by atoms with Gasteiger partial charge in [-0.15, -0.1) is 0 Å². The lowest BCUT2D eigenvalue weighted by Gasteiger charge is -2.29. The number of carbonyl (C=O) groups is 4. The van der Waals surface area contributed by atoms with Gasteiger partial charge in [0.1, 0.15) is 23.7 Å². The molecule has 4 aromatic carbocycles. The molecule has 8 rings (SSSR count). The second kappa shape index (κ2) is 15.6. The number of likely N-dealkylation sites (tertiary alicyclic amines) is 2. The second-order valence-electron chi connectivity index (χ2n) is 16.1. The van der Waals surface area contributed by atoms with E-state index in [4.69, 9.17) is 19.4 Å². The van der Waals surface area contributed by atoms with E-state index < -0.39 is 24.3 Å². The number of alkyl carbamates (subject to hydrolysis) is 2. The van der Waals surface area contributed by atoms with E-state index in [1.54, 1.807) is 0 Å². The maximum absolute atomic E-state index is 13.7. The van der Waals surface area contributed by atoms with E-state index in [0.29, 0.717) is 13.1 Å². The van der Waals surface area contributed by atoms with Gasteiger partial charge in [0.05, 0.1) is 48.4 Å². The number of H-pyrrole nitrogens is 2. The van der Waals surface area contributed by atoms with Crippen LogP contribution in [0.15, 0.2) is 60.7 Å². The van der Waals surface area contributed by atoms with Crippen molar-refractivity contribution in [1.82, 2.24) is 40.4 Å². The third kappa shape index (κ3) is 7.05. The first kappa shape index (κ1) is 38.7. The van der Waals surface area contributed by atoms with Crippen LogP contribution in [0, 0.1) is 11.8 Å². The molecule has 0 bridgehead atoms. The Balaban J connectivity index is 1.05. The summed E-state index contributed by atoms with van der Waals surface area (Å²) >= 11 is 0. The van der Waals surface area contributed by atoms with Gasteiger partial charge in [-0.25, -0.2) is 19.6 Å². The zero-order valence-electron chi connectivity index (χ0n) is 33.7. The van der Waals surface area contributed by atoms with E-state index in [-0.39, 0.29) is 35.7 Å². The molecule has 4 heterocycles. The highest BCUT2D eigenvalue weighted by Crippen LogP contribution is 2.37. The van der Waals surface area contributed by atoms with Gasteiger partial charge in [-0.1, -0.05) is 64.1 Å². The molecule has 1 unspecified atom stereocenters. The summed E-state index contributed by atoms with van der Waals surface area (Å²) in [5.74, 6) is 0.974. The maximum Gasteiger partial charge on any atom is 0.407 e. The fraction of sp³-hybridized carbons (Fsp3) is 0.409. The molecule has 0 spiro atoms. The number of benzene rings is 4. The number of fused-ring (bicyclic) bond motifs is 6. The Labute approximate surface area is 336 Å². The highest BCUT2D eigenvalue weighted by atomic mass is 16.5. The minimum absolute atomic E-state index is 0.113. The number of amides is 4. The fourth-order valence-electron chi connectivity index (χ4n) is 8.70. The summed E-state index contributed by atoms with van der Waals surface area (Å²) in [6.07, 6.45) is 1.99. The quantitative estimate of drug-likeness (QED) is 0.117. The van der Waals surface area contributed by atoms with Crippen LogP contribution in [0.2, 0.25) is 0 Å². The number of hydrogen-bond donors (Lipinski definition) is 4. The molecule has 58 heavy (non-hydrogen) atoms. The first-order valence-electron chi connectivity index (χ1n) is 20.1. The first-order valence-corrected chi connectivity index (χ1v) is 20.1. The van der Waals surface area contributed by atoms with Crippen LogP contribution in [-0.2, 0) is 19.1 Å². The number of ether oxygens (including phenoxy) is 2. The number of aromatic amines is 2. The number of hydrogen-bond acceptors (Lipinski definition) is 8. The van der Waals surface area contributed by atoms with Gasteiger partial charge in [0.15, 0.2) is 0 Å². The van der Waals surface area contributed by atoms with Crippen molar-refractivity contribution in [1.29, 1.82) is 0 Å². The van der Waals surface area contributed by atoms with Gasteiger partial charge in [0.25, 0.3) is 0 Å². The topological polar surface area (TPSA) is 175 Å². The number of nitrogens with one attached hydrogen (secondary N) is 4. The van der Waals surface area contributed by atoms with Crippen LogP contribution in [-0.4, -0.2) is 93.1 Å². The zero-order valence-corrected chi connectivity index (χ0v) is 33.7. The van der Waals surface area contributed by atoms with E-state index in [0.717, 1.165) is 92.1 Å². The van der Waals surface area contributed by atoms with Crippen molar-refractivity contribution in [2.75, 3.05) is 27.3 Å². The number of nitrogens with zero attached hydrogens (tertiary/aromatic N) is 4. The van der Waals surface area contributed by atoms with Crippen LogP contribution < -0.4 is 10.6 Å². The van der Waals surface area contributed by atoms with Gasteiger partial charge in [0.2, 0.25) is 11.8 Å².